The van der Waals surface area contributed by atoms with Crippen LogP contribution < -0.4 is 0 Å². The molecule has 0 aliphatic heterocycles. The Morgan fingerprint density at radius 1 is 1.46 bits per heavy atom. The predicted octanol–water partition coefficient (Wildman–Crippen LogP) is 2.23. The second-order valence-electron chi connectivity index (χ2n) is 3.92. The summed E-state index contributed by atoms with van der Waals surface area (Å²) in [5.41, 5.74) is 0. The summed E-state index contributed by atoms with van der Waals surface area (Å²) in [6.45, 7) is 6.68. The third-order valence-corrected chi connectivity index (χ3v) is 2.94. The lowest BCUT2D eigenvalue weighted by Crippen LogP contribution is -2.34. The molecule has 0 amide bonds. The average molecular weight is 183 g/mol. The largest absolute Gasteiger partial charge is 0.300 e. The van der Waals surface area contributed by atoms with Gasteiger partial charge in [0.2, 0.25) is 0 Å². The number of hydrogen-bond donors (Lipinski definition) is 0. The van der Waals surface area contributed by atoms with Gasteiger partial charge in [0.25, 0.3) is 0 Å². The zero-order chi connectivity index (χ0) is 9.68. The SMILES string of the molecule is CCCCN(CC)C1CCC(=O)C1. The van der Waals surface area contributed by atoms with Gasteiger partial charge in [-0.3, -0.25) is 4.79 Å². The summed E-state index contributed by atoms with van der Waals surface area (Å²) >= 11 is 0. The van der Waals surface area contributed by atoms with Gasteiger partial charge in [0.15, 0.2) is 0 Å². The van der Waals surface area contributed by atoms with Crippen LogP contribution in [0.3, 0.4) is 0 Å². The second-order valence-corrected chi connectivity index (χ2v) is 3.92. The Balaban J connectivity index is 2.33. The number of nitrogens with zero attached hydrogens (tertiary/aromatic N) is 1. The second kappa shape index (κ2) is 5.38. The van der Waals surface area contributed by atoms with E-state index >= 15 is 0 Å². The molecule has 1 fully saturated rings. The van der Waals surface area contributed by atoms with Crippen molar-refractivity contribution in [3.05, 3.63) is 0 Å². The van der Waals surface area contributed by atoms with E-state index in [9.17, 15) is 4.79 Å². The van der Waals surface area contributed by atoms with Crippen molar-refractivity contribution < 1.29 is 4.79 Å². The lowest BCUT2D eigenvalue weighted by atomic mass is 10.2. The van der Waals surface area contributed by atoms with E-state index in [2.05, 4.69) is 18.7 Å². The van der Waals surface area contributed by atoms with E-state index in [1.54, 1.807) is 0 Å². The maximum atomic E-state index is 11.1. The van der Waals surface area contributed by atoms with Crippen molar-refractivity contribution in [2.75, 3.05) is 13.1 Å². The summed E-state index contributed by atoms with van der Waals surface area (Å²) < 4.78 is 0. The van der Waals surface area contributed by atoms with Crippen molar-refractivity contribution in [3.8, 4) is 0 Å². The summed E-state index contributed by atoms with van der Waals surface area (Å²) in [5.74, 6) is 0.458. The minimum absolute atomic E-state index is 0.458. The van der Waals surface area contributed by atoms with Crippen LogP contribution in [0.5, 0.6) is 0 Å². The van der Waals surface area contributed by atoms with Gasteiger partial charge >= 0.3 is 0 Å². The van der Waals surface area contributed by atoms with Gasteiger partial charge in [-0.1, -0.05) is 20.3 Å². The highest BCUT2D eigenvalue weighted by atomic mass is 16.1. The molecule has 0 spiro atoms. The first-order valence-electron chi connectivity index (χ1n) is 5.53. The monoisotopic (exact) mass is 183 g/mol. The van der Waals surface area contributed by atoms with Crippen molar-refractivity contribution in [1.82, 2.24) is 4.90 Å². The molecule has 0 saturated heterocycles. The van der Waals surface area contributed by atoms with E-state index in [1.807, 2.05) is 0 Å². The van der Waals surface area contributed by atoms with Gasteiger partial charge in [0.1, 0.15) is 5.78 Å². The minimum Gasteiger partial charge on any atom is -0.300 e. The first-order valence-corrected chi connectivity index (χ1v) is 5.53. The molecule has 0 bridgehead atoms. The van der Waals surface area contributed by atoms with Gasteiger partial charge in [-0.25, -0.2) is 0 Å². The Kier molecular flexibility index (Phi) is 4.43. The fourth-order valence-corrected chi connectivity index (χ4v) is 2.07. The fraction of sp³-hybridized carbons (Fsp3) is 0.909. The highest BCUT2D eigenvalue weighted by molar-refractivity contribution is 5.81. The highest BCUT2D eigenvalue weighted by Crippen LogP contribution is 2.20. The lowest BCUT2D eigenvalue weighted by Gasteiger charge is -2.26. The number of rotatable bonds is 5. The van der Waals surface area contributed by atoms with Crippen molar-refractivity contribution >= 4 is 5.78 Å². The smallest absolute Gasteiger partial charge is 0.134 e. The standard InChI is InChI=1S/C11H21NO/c1-3-5-8-12(4-2)10-6-7-11(13)9-10/h10H,3-9H2,1-2H3. The molecule has 0 N–H and O–H groups in total. The van der Waals surface area contributed by atoms with Gasteiger partial charge in [-0.05, 0) is 25.9 Å². The molecule has 0 aromatic heterocycles. The molecule has 76 valence electrons. The van der Waals surface area contributed by atoms with E-state index in [4.69, 9.17) is 0 Å². The lowest BCUT2D eigenvalue weighted by molar-refractivity contribution is -0.117. The molecule has 2 nitrogen and oxygen atoms in total. The molecule has 0 aromatic rings. The third-order valence-electron chi connectivity index (χ3n) is 2.94. The molecule has 2 heteroatoms. The molecular formula is C11H21NO. The van der Waals surface area contributed by atoms with Crippen LogP contribution in [0, 0.1) is 0 Å². The van der Waals surface area contributed by atoms with Crippen molar-refractivity contribution in [3.63, 3.8) is 0 Å². The average Bonchev–Trinajstić information content (AvgIpc) is 2.54. The number of carbonyl (C=O) groups is 1. The van der Waals surface area contributed by atoms with Gasteiger partial charge in [-0.15, -0.1) is 0 Å². The molecule has 0 radical (unpaired) electrons. The Hall–Kier alpha value is -0.370. The van der Waals surface area contributed by atoms with E-state index in [1.165, 1.54) is 19.4 Å². The molecule has 1 rings (SSSR count). The Morgan fingerprint density at radius 2 is 2.23 bits per heavy atom. The Bertz CT molecular complexity index is 167. The van der Waals surface area contributed by atoms with Crippen LogP contribution in [0.1, 0.15) is 46.0 Å². The van der Waals surface area contributed by atoms with Crippen molar-refractivity contribution in [2.24, 2.45) is 0 Å². The van der Waals surface area contributed by atoms with Gasteiger partial charge < -0.3 is 4.90 Å². The first-order chi connectivity index (χ1) is 6.27. The zero-order valence-corrected chi connectivity index (χ0v) is 8.88. The van der Waals surface area contributed by atoms with Crippen LogP contribution in [0.2, 0.25) is 0 Å². The number of carbonyl (C=O) groups excluding carboxylic acids is 1. The number of unbranched alkanes of at least 4 members (excludes halogenated alkanes) is 1. The number of ketones is 1. The van der Waals surface area contributed by atoms with Gasteiger partial charge in [-0.2, -0.15) is 0 Å². The maximum Gasteiger partial charge on any atom is 0.134 e. The van der Waals surface area contributed by atoms with Crippen molar-refractivity contribution in [2.45, 2.75) is 52.0 Å². The molecule has 13 heavy (non-hydrogen) atoms. The summed E-state index contributed by atoms with van der Waals surface area (Å²) in [6.07, 6.45) is 5.22. The molecule has 0 aromatic carbocycles. The van der Waals surface area contributed by atoms with Gasteiger partial charge in [0, 0.05) is 18.9 Å². The summed E-state index contributed by atoms with van der Waals surface area (Å²) in [7, 11) is 0. The fourth-order valence-electron chi connectivity index (χ4n) is 2.07. The van der Waals surface area contributed by atoms with E-state index in [-0.39, 0.29) is 0 Å². The van der Waals surface area contributed by atoms with Gasteiger partial charge in [0.05, 0.1) is 0 Å². The Labute approximate surface area is 81.3 Å². The first kappa shape index (κ1) is 10.7. The van der Waals surface area contributed by atoms with E-state index < -0.39 is 0 Å². The quantitative estimate of drug-likeness (QED) is 0.651. The summed E-state index contributed by atoms with van der Waals surface area (Å²) in [5, 5.41) is 0. The summed E-state index contributed by atoms with van der Waals surface area (Å²) in [6, 6.07) is 0.559. The van der Waals surface area contributed by atoms with Crippen LogP contribution in [0.15, 0.2) is 0 Å². The van der Waals surface area contributed by atoms with Crippen LogP contribution in [-0.4, -0.2) is 29.8 Å². The highest BCUT2D eigenvalue weighted by Gasteiger charge is 2.25. The van der Waals surface area contributed by atoms with E-state index in [0.717, 1.165) is 25.8 Å². The number of Topliss-reactive ketones (excluding diaryl/α,β-unsaturated/α-hetero) is 1. The molecule has 1 atom stereocenters. The predicted molar refractivity (Wildman–Crippen MR) is 54.8 cm³/mol. The van der Waals surface area contributed by atoms with Crippen LogP contribution >= 0.6 is 0 Å². The Morgan fingerprint density at radius 3 is 2.69 bits per heavy atom. The maximum absolute atomic E-state index is 11.1. The molecule has 0 heterocycles. The molecule has 1 saturated carbocycles. The number of hydrogen-bond acceptors (Lipinski definition) is 2. The molecule has 1 aliphatic carbocycles. The third kappa shape index (κ3) is 3.11. The topological polar surface area (TPSA) is 20.3 Å². The van der Waals surface area contributed by atoms with Crippen LogP contribution in [-0.2, 0) is 4.79 Å². The minimum atomic E-state index is 0.458. The van der Waals surface area contributed by atoms with Crippen LogP contribution in [0.4, 0.5) is 0 Å². The van der Waals surface area contributed by atoms with E-state index in [0.29, 0.717) is 11.8 Å². The van der Waals surface area contributed by atoms with Crippen LogP contribution in [0.25, 0.3) is 0 Å². The zero-order valence-electron chi connectivity index (χ0n) is 8.88. The molecule has 1 aliphatic rings. The van der Waals surface area contributed by atoms with Crippen molar-refractivity contribution in [1.29, 1.82) is 0 Å². The summed E-state index contributed by atoms with van der Waals surface area (Å²) in [4.78, 5) is 13.6. The molecule has 1 unspecified atom stereocenters. The normalized spacial score (nSPS) is 23.0. The molecular weight excluding hydrogens is 162 g/mol.